The maximum atomic E-state index is 13.6. The van der Waals surface area contributed by atoms with Crippen molar-refractivity contribution >= 4 is 11.9 Å². The average molecular weight is 501 g/mol. The molecular weight excluding hydrogens is 471 g/mol. The first-order valence-corrected chi connectivity index (χ1v) is 11.5. The van der Waals surface area contributed by atoms with E-state index in [0.717, 1.165) is 0 Å². The number of nitrogens with zero attached hydrogens (tertiary/aromatic N) is 3. The van der Waals surface area contributed by atoms with E-state index in [1.54, 1.807) is 38.4 Å². The number of carbonyl (C=O) groups excluding carboxylic acids is 1. The van der Waals surface area contributed by atoms with Gasteiger partial charge < -0.3 is 34.9 Å². The van der Waals surface area contributed by atoms with Crippen LogP contribution in [-0.4, -0.2) is 77.6 Å². The molecule has 0 unspecified atom stereocenters. The van der Waals surface area contributed by atoms with Crippen LogP contribution in [-0.2, 0) is 19.0 Å². The Morgan fingerprint density at radius 3 is 2.67 bits per heavy atom. The van der Waals surface area contributed by atoms with Gasteiger partial charge in [-0.2, -0.15) is 0 Å². The van der Waals surface area contributed by atoms with E-state index in [1.165, 1.54) is 12.1 Å². The maximum absolute atomic E-state index is 13.6. The van der Waals surface area contributed by atoms with Crippen molar-refractivity contribution in [1.82, 2.24) is 25.3 Å². The second-order valence-electron chi connectivity index (χ2n) is 8.53. The number of methoxy groups -OCH3 is 1. The second kappa shape index (κ2) is 11.5. The van der Waals surface area contributed by atoms with Crippen molar-refractivity contribution in [2.75, 3.05) is 51.9 Å². The van der Waals surface area contributed by atoms with Crippen LogP contribution in [0.15, 0.2) is 36.5 Å². The Balaban J connectivity index is 1.61. The number of anilines is 1. The predicted molar refractivity (Wildman–Crippen MR) is 128 cm³/mol. The number of aromatic nitrogens is 4. The molecule has 4 rings (SSSR count). The molecule has 1 fully saturated rings. The van der Waals surface area contributed by atoms with Gasteiger partial charge in [0.1, 0.15) is 5.82 Å². The van der Waals surface area contributed by atoms with Crippen LogP contribution in [0.2, 0.25) is 0 Å². The van der Waals surface area contributed by atoms with Gasteiger partial charge >= 0.3 is 0 Å². The van der Waals surface area contributed by atoms with Gasteiger partial charge in [0, 0.05) is 32.0 Å². The highest BCUT2D eigenvalue weighted by Crippen LogP contribution is 2.35. The first-order valence-electron chi connectivity index (χ1n) is 11.5. The monoisotopic (exact) mass is 500 g/mol. The van der Waals surface area contributed by atoms with Crippen molar-refractivity contribution in [1.29, 1.82) is 0 Å². The summed E-state index contributed by atoms with van der Waals surface area (Å²) >= 11 is 0. The van der Waals surface area contributed by atoms with Crippen LogP contribution in [0.5, 0.6) is 0 Å². The number of rotatable bonds is 10. The summed E-state index contributed by atoms with van der Waals surface area (Å²) in [5, 5.41) is 14.7. The minimum absolute atomic E-state index is 0.0952. The number of aliphatic hydroxyl groups excluding tert-OH is 1. The minimum Gasteiger partial charge on any atom is -0.395 e. The number of halogens is 1. The number of aromatic amines is 1. The molecule has 3 aromatic rings. The number of ether oxygens (including phenoxy) is 3. The summed E-state index contributed by atoms with van der Waals surface area (Å²) in [6.07, 6.45) is 0.772. The lowest BCUT2D eigenvalue weighted by atomic mass is 9.91. The molecule has 1 aliphatic rings. The van der Waals surface area contributed by atoms with Gasteiger partial charge in [0.15, 0.2) is 5.82 Å². The summed E-state index contributed by atoms with van der Waals surface area (Å²) in [6, 6.07) is 7.70. The number of hydrogen-bond donors (Lipinski definition) is 4. The Morgan fingerprint density at radius 1 is 1.22 bits per heavy atom. The molecule has 2 aromatic heterocycles. The quantitative estimate of drug-likeness (QED) is 0.307. The van der Waals surface area contributed by atoms with E-state index in [1.807, 2.05) is 0 Å². The van der Waals surface area contributed by atoms with E-state index in [4.69, 9.17) is 24.3 Å². The number of H-pyrrole nitrogens is 1. The van der Waals surface area contributed by atoms with Crippen LogP contribution >= 0.6 is 0 Å². The third-order valence-electron chi connectivity index (χ3n) is 5.62. The third-order valence-corrected chi connectivity index (χ3v) is 5.62. The minimum atomic E-state index is -0.906. The summed E-state index contributed by atoms with van der Waals surface area (Å²) in [4.78, 5) is 29.2. The van der Waals surface area contributed by atoms with Gasteiger partial charge in [0.25, 0.3) is 0 Å². The van der Waals surface area contributed by atoms with Crippen molar-refractivity contribution in [3.63, 3.8) is 0 Å². The fourth-order valence-electron chi connectivity index (χ4n) is 3.63. The predicted octanol–water partition coefficient (Wildman–Crippen LogP) is 1.89. The number of amides is 1. The zero-order valence-electron chi connectivity index (χ0n) is 20.1. The molecule has 192 valence electrons. The Morgan fingerprint density at radius 2 is 1.97 bits per heavy atom. The summed E-state index contributed by atoms with van der Waals surface area (Å²) < 4.78 is 30.4. The van der Waals surface area contributed by atoms with Gasteiger partial charge in [-0.05, 0) is 37.3 Å². The van der Waals surface area contributed by atoms with Gasteiger partial charge in [-0.1, -0.05) is 0 Å². The molecule has 0 spiro atoms. The van der Waals surface area contributed by atoms with Crippen molar-refractivity contribution in [3.05, 3.63) is 48.2 Å². The molecule has 1 saturated heterocycles. The van der Waals surface area contributed by atoms with E-state index in [9.17, 15) is 9.18 Å². The van der Waals surface area contributed by atoms with Crippen LogP contribution in [0, 0.1) is 11.2 Å². The largest absolute Gasteiger partial charge is 0.395 e. The zero-order chi connectivity index (χ0) is 25.5. The standard InChI is InChI=1S/C24H29FN6O5/c1-24(22(33)26-9-11-32)13-35-21(36-14-24)20-30-18(15-3-5-16(25)6-4-15)19(31-20)17-7-8-27-23(29-17)28-10-12-34-2/h3-8,21,32H,9-14H2,1-2H3,(H,26,33)(H,30,31)(H,27,28,29). The van der Waals surface area contributed by atoms with Gasteiger partial charge in [-0.3, -0.25) is 4.79 Å². The average Bonchev–Trinajstić information content (AvgIpc) is 3.34. The van der Waals surface area contributed by atoms with Gasteiger partial charge in [0.2, 0.25) is 18.1 Å². The number of carbonyl (C=O) groups is 1. The molecule has 0 bridgehead atoms. The van der Waals surface area contributed by atoms with E-state index in [0.29, 0.717) is 47.6 Å². The van der Waals surface area contributed by atoms with Gasteiger partial charge in [-0.25, -0.2) is 19.3 Å². The molecule has 12 heteroatoms. The molecule has 0 aliphatic carbocycles. The second-order valence-corrected chi connectivity index (χ2v) is 8.53. The van der Waals surface area contributed by atoms with Gasteiger partial charge in [-0.15, -0.1) is 0 Å². The zero-order valence-corrected chi connectivity index (χ0v) is 20.1. The number of nitrogens with one attached hydrogen (secondary N) is 3. The molecule has 1 amide bonds. The summed E-state index contributed by atoms with van der Waals surface area (Å²) in [5.74, 6) is 0.173. The number of aliphatic hydroxyl groups is 1. The van der Waals surface area contributed by atoms with Crippen molar-refractivity contribution in [2.24, 2.45) is 5.41 Å². The molecule has 0 radical (unpaired) electrons. The van der Waals surface area contributed by atoms with E-state index in [-0.39, 0.29) is 38.1 Å². The van der Waals surface area contributed by atoms with E-state index < -0.39 is 11.7 Å². The number of hydrogen-bond acceptors (Lipinski definition) is 9. The Kier molecular flexibility index (Phi) is 8.21. The Labute approximate surface area is 207 Å². The van der Waals surface area contributed by atoms with Gasteiger partial charge in [0.05, 0.1) is 48.9 Å². The molecule has 4 N–H and O–H groups in total. The highest BCUT2D eigenvalue weighted by Gasteiger charge is 2.40. The first kappa shape index (κ1) is 25.6. The SMILES string of the molecule is COCCNc1nccc(-c2[nH]c(C3OCC(C)(C(=O)NCCO)CO3)nc2-c2ccc(F)cc2)n1. The van der Waals surface area contributed by atoms with Crippen molar-refractivity contribution in [3.8, 4) is 22.6 Å². The molecule has 1 aromatic carbocycles. The molecule has 0 atom stereocenters. The Bertz CT molecular complexity index is 1160. The van der Waals surface area contributed by atoms with Crippen LogP contribution in [0.4, 0.5) is 10.3 Å². The number of imidazole rings is 1. The van der Waals surface area contributed by atoms with Crippen molar-refractivity contribution < 1.29 is 28.5 Å². The van der Waals surface area contributed by atoms with Crippen LogP contribution in [0.3, 0.4) is 0 Å². The van der Waals surface area contributed by atoms with Crippen LogP contribution in [0.1, 0.15) is 19.0 Å². The lowest BCUT2D eigenvalue weighted by Crippen LogP contribution is -2.49. The Hall–Kier alpha value is -3.45. The lowest BCUT2D eigenvalue weighted by Gasteiger charge is -2.35. The third kappa shape index (κ3) is 5.85. The van der Waals surface area contributed by atoms with Crippen LogP contribution in [0.25, 0.3) is 22.6 Å². The summed E-state index contributed by atoms with van der Waals surface area (Å²) in [7, 11) is 1.61. The number of benzene rings is 1. The first-order chi connectivity index (χ1) is 17.4. The molecule has 0 saturated carbocycles. The topological polar surface area (TPSA) is 144 Å². The molecular formula is C24H29FN6O5. The maximum Gasteiger partial charge on any atom is 0.230 e. The highest BCUT2D eigenvalue weighted by atomic mass is 19.1. The molecule has 3 heterocycles. The van der Waals surface area contributed by atoms with Crippen LogP contribution < -0.4 is 10.6 Å². The van der Waals surface area contributed by atoms with Crippen molar-refractivity contribution in [2.45, 2.75) is 13.2 Å². The normalized spacial score (nSPS) is 19.7. The fraction of sp³-hybridized carbons (Fsp3) is 0.417. The summed E-state index contributed by atoms with van der Waals surface area (Å²) in [5.41, 5.74) is 1.44. The molecule has 1 aliphatic heterocycles. The van der Waals surface area contributed by atoms with E-state index in [2.05, 4.69) is 25.6 Å². The summed E-state index contributed by atoms with van der Waals surface area (Å²) in [6.45, 7) is 2.95. The van der Waals surface area contributed by atoms with E-state index >= 15 is 0 Å². The lowest BCUT2D eigenvalue weighted by molar-refractivity contribution is -0.231. The molecule has 11 nitrogen and oxygen atoms in total. The molecule has 36 heavy (non-hydrogen) atoms. The highest BCUT2D eigenvalue weighted by molar-refractivity contribution is 5.82. The fourth-order valence-corrected chi connectivity index (χ4v) is 3.63. The smallest absolute Gasteiger partial charge is 0.230 e.